The minimum absolute atomic E-state index is 0.346. The minimum atomic E-state index is -0.570. The van der Waals surface area contributed by atoms with Crippen molar-refractivity contribution in [1.82, 2.24) is 10.3 Å². The summed E-state index contributed by atoms with van der Waals surface area (Å²) in [7, 11) is 0. The van der Waals surface area contributed by atoms with Crippen LogP contribution in [0.5, 0.6) is 0 Å². The van der Waals surface area contributed by atoms with Crippen LogP contribution >= 0.6 is 0 Å². The second kappa shape index (κ2) is 3.33. The molecule has 0 spiro atoms. The van der Waals surface area contributed by atoms with E-state index < -0.39 is 6.01 Å². The molecule has 0 bridgehead atoms. The number of halogens is 1. The van der Waals surface area contributed by atoms with E-state index in [-0.39, 0.29) is 0 Å². The molecule has 2 heterocycles. The maximum atomic E-state index is 13.1. The first-order valence-corrected chi connectivity index (χ1v) is 4.36. The van der Waals surface area contributed by atoms with Crippen LogP contribution in [0.3, 0.4) is 0 Å². The minimum Gasteiger partial charge on any atom is -0.414 e. The number of nitrogens with zero attached hydrogens (tertiary/aromatic N) is 2. The molecule has 1 aromatic rings. The van der Waals surface area contributed by atoms with Gasteiger partial charge in [0.25, 0.3) is 0 Å². The Morgan fingerprint density at radius 1 is 1.46 bits per heavy atom. The summed E-state index contributed by atoms with van der Waals surface area (Å²) >= 11 is 0. The van der Waals surface area contributed by atoms with Crippen molar-refractivity contribution >= 4 is 5.82 Å². The second-order valence-electron chi connectivity index (χ2n) is 3.07. The molecule has 5 heteroatoms. The van der Waals surface area contributed by atoms with Crippen LogP contribution in [0.4, 0.5) is 10.2 Å². The van der Waals surface area contributed by atoms with Crippen LogP contribution in [-0.4, -0.2) is 31.2 Å². The number of oxazole rings is 1. The van der Waals surface area contributed by atoms with E-state index >= 15 is 0 Å². The predicted octanol–water partition coefficient (Wildman–Crippen LogP) is 0.532. The summed E-state index contributed by atoms with van der Waals surface area (Å²) in [6.45, 7) is 4.94. The van der Waals surface area contributed by atoms with Gasteiger partial charge in [0.15, 0.2) is 5.89 Å². The lowest BCUT2D eigenvalue weighted by atomic mass is 10.4. The van der Waals surface area contributed by atoms with Gasteiger partial charge < -0.3 is 14.6 Å². The van der Waals surface area contributed by atoms with E-state index in [4.69, 9.17) is 4.42 Å². The molecule has 1 aliphatic heterocycles. The number of aromatic nitrogens is 1. The van der Waals surface area contributed by atoms with Crippen molar-refractivity contribution in [2.45, 2.75) is 6.92 Å². The van der Waals surface area contributed by atoms with Crippen LogP contribution in [0.1, 0.15) is 5.89 Å². The predicted molar refractivity (Wildman–Crippen MR) is 46.3 cm³/mol. The first kappa shape index (κ1) is 8.50. The van der Waals surface area contributed by atoms with Crippen molar-refractivity contribution in [3.63, 3.8) is 0 Å². The second-order valence-corrected chi connectivity index (χ2v) is 3.07. The summed E-state index contributed by atoms with van der Waals surface area (Å²) in [5.74, 6) is 0.727. The quantitative estimate of drug-likeness (QED) is 0.693. The molecule has 0 amide bonds. The van der Waals surface area contributed by atoms with Gasteiger partial charge >= 0.3 is 6.01 Å². The van der Waals surface area contributed by atoms with Crippen LogP contribution in [0, 0.1) is 12.9 Å². The monoisotopic (exact) mass is 185 g/mol. The van der Waals surface area contributed by atoms with Gasteiger partial charge in [-0.3, -0.25) is 0 Å². The van der Waals surface area contributed by atoms with E-state index in [2.05, 4.69) is 10.3 Å². The number of piperazine rings is 1. The highest BCUT2D eigenvalue weighted by Crippen LogP contribution is 2.18. The zero-order chi connectivity index (χ0) is 9.26. The lowest BCUT2D eigenvalue weighted by Crippen LogP contribution is -2.44. The Morgan fingerprint density at radius 2 is 2.15 bits per heavy atom. The molecular formula is C8H12FN3O. The van der Waals surface area contributed by atoms with E-state index in [0.29, 0.717) is 11.7 Å². The summed E-state index contributed by atoms with van der Waals surface area (Å²) in [6, 6.07) is -0.570. The van der Waals surface area contributed by atoms with Crippen molar-refractivity contribution in [3.8, 4) is 0 Å². The zero-order valence-electron chi connectivity index (χ0n) is 7.51. The Morgan fingerprint density at radius 3 is 2.69 bits per heavy atom. The summed E-state index contributed by atoms with van der Waals surface area (Å²) in [4.78, 5) is 5.88. The lowest BCUT2D eigenvalue weighted by Gasteiger charge is -2.26. The van der Waals surface area contributed by atoms with Gasteiger partial charge in [-0.15, -0.1) is 0 Å². The molecule has 1 saturated heterocycles. The fourth-order valence-electron chi connectivity index (χ4n) is 1.46. The van der Waals surface area contributed by atoms with Gasteiger partial charge in [0.05, 0.1) is 0 Å². The Balaban J connectivity index is 2.18. The molecule has 0 aromatic carbocycles. The van der Waals surface area contributed by atoms with E-state index in [1.165, 1.54) is 0 Å². The Kier molecular flexibility index (Phi) is 2.18. The Labute approximate surface area is 75.7 Å². The molecule has 1 aromatic heterocycles. The van der Waals surface area contributed by atoms with E-state index in [9.17, 15) is 4.39 Å². The molecule has 13 heavy (non-hydrogen) atoms. The third-order valence-corrected chi connectivity index (χ3v) is 2.09. The topological polar surface area (TPSA) is 41.3 Å². The van der Waals surface area contributed by atoms with Gasteiger partial charge in [0, 0.05) is 33.1 Å². The number of hydrogen-bond donors (Lipinski definition) is 1. The van der Waals surface area contributed by atoms with Gasteiger partial charge in [-0.1, -0.05) is 0 Å². The van der Waals surface area contributed by atoms with E-state index in [0.717, 1.165) is 26.2 Å². The number of nitrogens with one attached hydrogen (secondary N) is 1. The number of anilines is 1. The molecule has 2 rings (SSSR count). The first-order chi connectivity index (χ1) is 6.27. The molecule has 72 valence electrons. The Bertz CT molecular complexity index is 294. The van der Waals surface area contributed by atoms with Crippen LogP contribution in [0.15, 0.2) is 4.42 Å². The van der Waals surface area contributed by atoms with Crippen LogP contribution in [0.25, 0.3) is 0 Å². The third kappa shape index (κ3) is 1.65. The van der Waals surface area contributed by atoms with Crippen molar-refractivity contribution in [3.05, 3.63) is 11.9 Å². The van der Waals surface area contributed by atoms with Crippen LogP contribution in [-0.2, 0) is 0 Å². The molecule has 1 N–H and O–H groups in total. The van der Waals surface area contributed by atoms with Crippen LogP contribution < -0.4 is 10.2 Å². The average Bonchev–Trinajstić information content (AvgIpc) is 2.47. The van der Waals surface area contributed by atoms with Crippen molar-refractivity contribution in [1.29, 1.82) is 0 Å². The van der Waals surface area contributed by atoms with Gasteiger partial charge in [-0.25, -0.2) is 0 Å². The lowest BCUT2D eigenvalue weighted by molar-refractivity contribution is 0.343. The van der Waals surface area contributed by atoms with Gasteiger partial charge in [0.1, 0.15) is 0 Å². The number of aryl methyl sites for hydroxylation is 1. The van der Waals surface area contributed by atoms with Gasteiger partial charge in [-0.2, -0.15) is 9.37 Å². The fraction of sp³-hybridized carbons (Fsp3) is 0.625. The fourth-order valence-corrected chi connectivity index (χ4v) is 1.46. The highest BCUT2D eigenvalue weighted by molar-refractivity contribution is 5.37. The van der Waals surface area contributed by atoms with Crippen molar-refractivity contribution in [2.75, 3.05) is 31.1 Å². The van der Waals surface area contributed by atoms with E-state index in [1.54, 1.807) is 6.92 Å². The maximum absolute atomic E-state index is 13.1. The summed E-state index contributed by atoms with van der Waals surface area (Å²) in [6.07, 6.45) is 0. The van der Waals surface area contributed by atoms with Crippen molar-refractivity contribution in [2.24, 2.45) is 0 Å². The molecule has 0 saturated carbocycles. The van der Waals surface area contributed by atoms with Crippen LogP contribution in [0.2, 0.25) is 0 Å². The van der Waals surface area contributed by atoms with Gasteiger partial charge in [-0.05, 0) is 0 Å². The molecule has 4 nitrogen and oxygen atoms in total. The summed E-state index contributed by atoms with van der Waals surface area (Å²) in [5.41, 5.74) is 0. The summed E-state index contributed by atoms with van der Waals surface area (Å²) < 4.78 is 17.8. The standard InChI is InChI=1S/C8H12FN3O/c1-6-11-8(7(9)13-6)12-4-2-10-3-5-12/h10H,2-5H2,1H3. The highest BCUT2D eigenvalue weighted by Gasteiger charge is 2.19. The molecule has 0 atom stereocenters. The average molecular weight is 185 g/mol. The third-order valence-electron chi connectivity index (χ3n) is 2.09. The largest absolute Gasteiger partial charge is 0.414 e. The normalized spacial score (nSPS) is 17.8. The smallest absolute Gasteiger partial charge is 0.322 e. The molecule has 0 radical (unpaired) electrons. The maximum Gasteiger partial charge on any atom is 0.322 e. The first-order valence-electron chi connectivity index (χ1n) is 4.36. The highest BCUT2D eigenvalue weighted by atomic mass is 19.1. The molecule has 0 unspecified atom stereocenters. The molecule has 1 fully saturated rings. The molecular weight excluding hydrogens is 173 g/mol. The molecule has 0 aliphatic carbocycles. The molecule has 1 aliphatic rings. The number of hydrogen-bond acceptors (Lipinski definition) is 4. The SMILES string of the molecule is Cc1nc(N2CCNCC2)c(F)o1. The number of rotatable bonds is 1. The van der Waals surface area contributed by atoms with E-state index in [1.807, 2.05) is 4.90 Å². The van der Waals surface area contributed by atoms with Gasteiger partial charge in [0.2, 0.25) is 5.82 Å². The summed E-state index contributed by atoms with van der Waals surface area (Å²) in [5, 5.41) is 3.19. The van der Waals surface area contributed by atoms with Crippen molar-refractivity contribution < 1.29 is 8.81 Å². The zero-order valence-corrected chi connectivity index (χ0v) is 7.51. The Hall–Kier alpha value is -1.10.